The van der Waals surface area contributed by atoms with E-state index >= 15 is 0 Å². The molecule has 1 aromatic heterocycles. The lowest BCUT2D eigenvalue weighted by molar-refractivity contribution is -0.384. The third kappa shape index (κ3) is 2.71. The highest BCUT2D eigenvalue weighted by molar-refractivity contribution is 7.18. The second-order valence-electron chi connectivity index (χ2n) is 5.94. The Morgan fingerprint density at radius 2 is 2.16 bits per heavy atom. The monoisotopic (exact) mass is 350 g/mol. The predicted molar refractivity (Wildman–Crippen MR) is 96.8 cm³/mol. The fourth-order valence-electron chi connectivity index (χ4n) is 3.33. The van der Waals surface area contributed by atoms with Crippen molar-refractivity contribution in [2.75, 3.05) is 11.4 Å². The molecular formula is C18H14N4O2S. The standard InChI is InChI=1S/C18H14N4O2S/c19-11-12-7-8-14(16(10-12)22(23)24)21-9-3-5-15(21)18-20-13-4-1-2-6-17(13)25-18/h1-2,4,6-8,10,15H,3,5,9H2/t15-/m1/s1. The molecule has 6 nitrogen and oxygen atoms in total. The molecule has 0 unspecified atom stereocenters. The third-order valence-corrected chi connectivity index (χ3v) is 5.60. The van der Waals surface area contributed by atoms with Gasteiger partial charge in [0.2, 0.25) is 0 Å². The first-order chi connectivity index (χ1) is 12.2. The van der Waals surface area contributed by atoms with Gasteiger partial charge >= 0.3 is 0 Å². The molecule has 0 bridgehead atoms. The lowest BCUT2D eigenvalue weighted by Gasteiger charge is -2.25. The molecule has 0 radical (unpaired) electrons. The number of rotatable bonds is 3. The number of anilines is 1. The number of hydrogen-bond donors (Lipinski definition) is 0. The number of aromatic nitrogens is 1. The smallest absolute Gasteiger partial charge is 0.293 e. The van der Waals surface area contributed by atoms with Crippen molar-refractivity contribution < 1.29 is 4.92 Å². The molecule has 1 saturated heterocycles. The Balaban J connectivity index is 1.77. The Morgan fingerprint density at radius 1 is 1.32 bits per heavy atom. The number of hydrogen-bond acceptors (Lipinski definition) is 6. The maximum Gasteiger partial charge on any atom is 0.293 e. The lowest BCUT2D eigenvalue weighted by Crippen LogP contribution is -2.23. The van der Waals surface area contributed by atoms with Crippen molar-refractivity contribution >= 4 is 32.9 Å². The van der Waals surface area contributed by atoms with Gasteiger partial charge in [-0.15, -0.1) is 11.3 Å². The third-order valence-electron chi connectivity index (χ3n) is 4.46. The first-order valence-corrected chi connectivity index (χ1v) is 8.79. The summed E-state index contributed by atoms with van der Waals surface area (Å²) in [6.07, 6.45) is 1.87. The highest BCUT2D eigenvalue weighted by Crippen LogP contribution is 2.42. The van der Waals surface area contributed by atoms with Crippen LogP contribution in [0.4, 0.5) is 11.4 Å². The molecule has 2 aromatic carbocycles. The van der Waals surface area contributed by atoms with Crippen LogP contribution in [0, 0.1) is 21.4 Å². The van der Waals surface area contributed by atoms with Crippen LogP contribution in [0.25, 0.3) is 10.2 Å². The summed E-state index contributed by atoms with van der Waals surface area (Å²) >= 11 is 1.64. The minimum Gasteiger partial charge on any atom is -0.357 e. The van der Waals surface area contributed by atoms with Crippen LogP contribution in [-0.2, 0) is 0 Å². The van der Waals surface area contributed by atoms with Gasteiger partial charge in [-0.1, -0.05) is 12.1 Å². The molecule has 0 saturated carbocycles. The van der Waals surface area contributed by atoms with E-state index in [9.17, 15) is 10.1 Å². The molecule has 0 aliphatic carbocycles. The molecule has 124 valence electrons. The zero-order valence-electron chi connectivity index (χ0n) is 13.3. The summed E-state index contributed by atoms with van der Waals surface area (Å²) in [5.41, 5.74) is 1.80. The highest BCUT2D eigenvalue weighted by Gasteiger charge is 2.32. The van der Waals surface area contributed by atoms with E-state index in [1.807, 2.05) is 30.3 Å². The van der Waals surface area contributed by atoms with Gasteiger partial charge in [-0.05, 0) is 37.1 Å². The van der Waals surface area contributed by atoms with Gasteiger partial charge in [-0.25, -0.2) is 4.98 Å². The lowest BCUT2D eigenvalue weighted by atomic mass is 10.1. The fourth-order valence-corrected chi connectivity index (χ4v) is 4.44. The summed E-state index contributed by atoms with van der Waals surface area (Å²) in [5.74, 6) is 0. The van der Waals surface area contributed by atoms with Gasteiger partial charge in [0.25, 0.3) is 5.69 Å². The summed E-state index contributed by atoms with van der Waals surface area (Å²) < 4.78 is 1.12. The topological polar surface area (TPSA) is 83.1 Å². The van der Waals surface area contributed by atoms with Crippen molar-refractivity contribution in [2.45, 2.75) is 18.9 Å². The molecule has 1 aliphatic rings. The van der Waals surface area contributed by atoms with E-state index in [2.05, 4.69) is 4.90 Å². The molecule has 1 atom stereocenters. The van der Waals surface area contributed by atoms with E-state index in [0.29, 0.717) is 11.3 Å². The average Bonchev–Trinajstić information content (AvgIpc) is 3.27. The number of nitro benzene ring substituents is 1. The Hall–Kier alpha value is -2.98. The summed E-state index contributed by atoms with van der Waals surface area (Å²) in [7, 11) is 0. The predicted octanol–water partition coefficient (Wildman–Crippen LogP) is 4.42. The van der Waals surface area contributed by atoms with E-state index < -0.39 is 4.92 Å². The summed E-state index contributed by atoms with van der Waals surface area (Å²) in [6, 6.07) is 14.6. The quantitative estimate of drug-likeness (QED) is 0.516. The SMILES string of the molecule is N#Cc1ccc(N2CCC[C@@H]2c2nc3ccccc3s2)c([N+](=O)[O-])c1. The Bertz CT molecular complexity index is 975. The van der Waals surface area contributed by atoms with Crippen LogP contribution in [0.15, 0.2) is 42.5 Å². The van der Waals surface area contributed by atoms with E-state index in [4.69, 9.17) is 10.2 Å². The highest BCUT2D eigenvalue weighted by atomic mass is 32.1. The van der Waals surface area contributed by atoms with E-state index in [0.717, 1.165) is 34.6 Å². The number of thiazole rings is 1. The van der Waals surface area contributed by atoms with Gasteiger partial charge in [0, 0.05) is 12.6 Å². The molecule has 0 spiro atoms. The maximum absolute atomic E-state index is 11.5. The minimum atomic E-state index is -0.413. The van der Waals surface area contributed by atoms with Crippen LogP contribution in [0.5, 0.6) is 0 Å². The van der Waals surface area contributed by atoms with Gasteiger partial charge < -0.3 is 4.90 Å². The van der Waals surface area contributed by atoms with Crippen molar-refractivity contribution in [3.8, 4) is 6.07 Å². The van der Waals surface area contributed by atoms with Gasteiger partial charge in [0.1, 0.15) is 10.7 Å². The molecule has 25 heavy (non-hydrogen) atoms. The van der Waals surface area contributed by atoms with Gasteiger partial charge in [0.15, 0.2) is 0 Å². The maximum atomic E-state index is 11.5. The summed E-state index contributed by atoms with van der Waals surface area (Å²) in [5, 5.41) is 21.5. The largest absolute Gasteiger partial charge is 0.357 e. The Labute approximate surface area is 148 Å². The number of nitriles is 1. The molecular weight excluding hydrogens is 336 g/mol. The average molecular weight is 350 g/mol. The van der Waals surface area contributed by atoms with Crippen molar-refractivity contribution in [3.63, 3.8) is 0 Å². The molecule has 3 aromatic rings. The number of nitrogens with zero attached hydrogens (tertiary/aromatic N) is 4. The van der Waals surface area contributed by atoms with Gasteiger partial charge in [0.05, 0.1) is 32.8 Å². The van der Waals surface area contributed by atoms with Crippen LogP contribution in [0.3, 0.4) is 0 Å². The number of fused-ring (bicyclic) bond motifs is 1. The van der Waals surface area contributed by atoms with Crippen LogP contribution in [-0.4, -0.2) is 16.5 Å². The number of nitro groups is 1. The Kier molecular flexibility index (Phi) is 3.82. The summed E-state index contributed by atoms with van der Waals surface area (Å²) in [4.78, 5) is 17.9. The molecule has 4 rings (SSSR count). The van der Waals surface area contributed by atoms with Crippen LogP contribution < -0.4 is 4.90 Å². The van der Waals surface area contributed by atoms with Crippen molar-refractivity contribution in [2.24, 2.45) is 0 Å². The van der Waals surface area contributed by atoms with Crippen LogP contribution in [0.1, 0.15) is 29.5 Å². The van der Waals surface area contributed by atoms with Crippen LogP contribution >= 0.6 is 11.3 Å². The summed E-state index contributed by atoms with van der Waals surface area (Å²) in [6.45, 7) is 0.743. The van der Waals surface area contributed by atoms with Gasteiger partial charge in [-0.3, -0.25) is 10.1 Å². The van der Waals surface area contributed by atoms with Crippen LogP contribution in [0.2, 0.25) is 0 Å². The van der Waals surface area contributed by atoms with E-state index in [-0.39, 0.29) is 11.7 Å². The second kappa shape index (κ2) is 6.15. The first-order valence-electron chi connectivity index (χ1n) is 7.98. The molecule has 0 amide bonds. The van der Waals surface area contributed by atoms with E-state index in [1.165, 1.54) is 6.07 Å². The van der Waals surface area contributed by atoms with Gasteiger partial charge in [-0.2, -0.15) is 5.26 Å². The molecule has 0 N–H and O–H groups in total. The minimum absolute atomic E-state index is 0.0212. The van der Waals surface area contributed by atoms with Crippen molar-refractivity contribution in [1.29, 1.82) is 5.26 Å². The second-order valence-corrected chi connectivity index (χ2v) is 7.01. The molecule has 7 heteroatoms. The fraction of sp³-hybridized carbons (Fsp3) is 0.222. The normalized spacial score (nSPS) is 16.9. The van der Waals surface area contributed by atoms with Crippen molar-refractivity contribution in [1.82, 2.24) is 4.98 Å². The first kappa shape index (κ1) is 15.5. The molecule has 1 fully saturated rings. The zero-order chi connectivity index (χ0) is 17.4. The zero-order valence-corrected chi connectivity index (χ0v) is 14.1. The molecule has 2 heterocycles. The molecule has 1 aliphatic heterocycles. The number of benzene rings is 2. The van der Waals surface area contributed by atoms with Crippen molar-refractivity contribution in [3.05, 3.63) is 63.1 Å². The van der Waals surface area contributed by atoms with E-state index in [1.54, 1.807) is 23.5 Å². The number of para-hydroxylation sites is 1. The Morgan fingerprint density at radius 3 is 2.92 bits per heavy atom.